The third-order valence-electron chi connectivity index (χ3n) is 7.76. The highest BCUT2D eigenvalue weighted by molar-refractivity contribution is 6.35. The molecule has 2 aromatic heterocycles. The minimum atomic E-state index is 0.0138. The SMILES string of the molecule is O=C(CNc1cc(Cl)cc(Cl)c1)N1CCC[C@@H](Nc2c(-c3ccc(C(=O)N4CCOCC4)cc3)cnc3[nH]ccc23)C1. The summed E-state index contributed by atoms with van der Waals surface area (Å²) < 4.78 is 5.38. The van der Waals surface area contributed by atoms with Gasteiger partial charge in [-0.2, -0.15) is 0 Å². The third-order valence-corrected chi connectivity index (χ3v) is 8.19. The predicted octanol–water partition coefficient (Wildman–Crippen LogP) is 5.52. The number of aromatic amines is 1. The van der Waals surface area contributed by atoms with Crippen molar-refractivity contribution >= 4 is 57.4 Å². The van der Waals surface area contributed by atoms with E-state index in [9.17, 15) is 9.59 Å². The van der Waals surface area contributed by atoms with Gasteiger partial charge in [-0.15, -0.1) is 0 Å². The van der Waals surface area contributed by atoms with Crippen molar-refractivity contribution in [3.63, 3.8) is 0 Å². The molecule has 0 unspecified atom stereocenters. The standard InChI is InChI=1S/C31H32Cl2N6O3/c32-22-14-23(33)16-25(15-22)35-18-28(40)39-9-1-2-24(19-39)37-29-26-7-8-34-30(26)36-17-27(29)20-3-5-21(6-4-20)31(41)38-10-12-42-13-11-38/h3-8,14-17,24,35H,1-2,9-13,18-19H2,(H2,34,36,37)/t24-/m1/s1. The van der Waals surface area contributed by atoms with Crippen molar-refractivity contribution in [2.45, 2.75) is 18.9 Å². The number of piperidine rings is 1. The van der Waals surface area contributed by atoms with Crippen LogP contribution in [0.25, 0.3) is 22.2 Å². The summed E-state index contributed by atoms with van der Waals surface area (Å²) in [5.74, 6) is 0.0298. The van der Waals surface area contributed by atoms with Gasteiger partial charge in [0.25, 0.3) is 5.91 Å². The largest absolute Gasteiger partial charge is 0.379 e. The Balaban J connectivity index is 1.17. The molecule has 0 spiro atoms. The molecular formula is C31H32Cl2N6O3. The number of ether oxygens (including phenoxy) is 1. The maximum atomic E-state index is 13.1. The number of anilines is 2. The van der Waals surface area contributed by atoms with Gasteiger partial charge in [-0.25, -0.2) is 4.98 Å². The molecule has 2 amide bonds. The van der Waals surface area contributed by atoms with Gasteiger partial charge in [-0.1, -0.05) is 35.3 Å². The highest BCUT2D eigenvalue weighted by Crippen LogP contribution is 2.35. The Bertz CT molecular complexity index is 1570. The third kappa shape index (κ3) is 6.33. The number of likely N-dealkylation sites (tertiary alicyclic amines) is 1. The van der Waals surface area contributed by atoms with E-state index in [1.807, 2.05) is 52.5 Å². The maximum absolute atomic E-state index is 13.1. The second-order valence-corrected chi connectivity index (χ2v) is 11.5. The number of hydrogen-bond acceptors (Lipinski definition) is 6. The molecular weight excluding hydrogens is 575 g/mol. The number of halogens is 2. The molecule has 0 bridgehead atoms. The first-order chi connectivity index (χ1) is 20.4. The van der Waals surface area contributed by atoms with Crippen molar-refractivity contribution in [3.8, 4) is 11.1 Å². The van der Waals surface area contributed by atoms with Crippen LogP contribution in [0, 0.1) is 0 Å². The molecule has 218 valence electrons. The molecule has 4 aromatic rings. The van der Waals surface area contributed by atoms with Crippen molar-refractivity contribution in [2.24, 2.45) is 0 Å². The van der Waals surface area contributed by atoms with E-state index in [2.05, 4.69) is 20.6 Å². The van der Waals surface area contributed by atoms with E-state index in [1.165, 1.54) is 0 Å². The number of H-pyrrole nitrogens is 1. The molecule has 6 rings (SSSR count). The Hall–Kier alpha value is -3.79. The van der Waals surface area contributed by atoms with Crippen molar-refractivity contribution in [3.05, 3.63) is 76.5 Å². The molecule has 2 aliphatic rings. The molecule has 1 atom stereocenters. The van der Waals surface area contributed by atoms with Crippen molar-refractivity contribution < 1.29 is 14.3 Å². The average molecular weight is 608 g/mol. The van der Waals surface area contributed by atoms with Gasteiger partial charge in [0, 0.05) is 76.9 Å². The first kappa shape index (κ1) is 28.3. The monoisotopic (exact) mass is 606 g/mol. The summed E-state index contributed by atoms with van der Waals surface area (Å²) in [6, 6.07) is 14.9. The second-order valence-electron chi connectivity index (χ2n) is 10.6. The number of hydrogen-bond donors (Lipinski definition) is 3. The molecule has 2 fully saturated rings. The van der Waals surface area contributed by atoms with E-state index in [0.29, 0.717) is 60.7 Å². The number of morpholine rings is 1. The Labute approximate surface area is 254 Å². The van der Waals surface area contributed by atoms with E-state index >= 15 is 0 Å². The molecule has 2 aliphatic heterocycles. The zero-order valence-corrected chi connectivity index (χ0v) is 24.5. The predicted molar refractivity (Wildman–Crippen MR) is 166 cm³/mol. The summed E-state index contributed by atoms with van der Waals surface area (Å²) in [4.78, 5) is 37.6. The lowest BCUT2D eigenvalue weighted by Crippen LogP contribution is -2.47. The van der Waals surface area contributed by atoms with E-state index in [0.717, 1.165) is 40.7 Å². The van der Waals surface area contributed by atoms with Crippen LogP contribution in [0.1, 0.15) is 23.2 Å². The quantitative estimate of drug-likeness (QED) is 0.256. The molecule has 2 aromatic carbocycles. The van der Waals surface area contributed by atoms with Crippen LogP contribution in [0.4, 0.5) is 11.4 Å². The summed E-state index contributed by atoms with van der Waals surface area (Å²) in [7, 11) is 0. The van der Waals surface area contributed by atoms with Crippen LogP contribution in [-0.4, -0.2) is 83.6 Å². The van der Waals surface area contributed by atoms with Crippen LogP contribution in [0.15, 0.2) is 60.9 Å². The minimum Gasteiger partial charge on any atom is -0.379 e. The van der Waals surface area contributed by atoms with Crippen molar-refractivity contribution in [2.75, 3.05) is 56.6 Å². The minimum absolute atomic E-state index is 0.0138. The van der Waals surface area contributed by atoms with Gasteiger partial charge >= 0.3 is 0 Å². The Morgan fingerprint density at radius 3 is 2.52 bits per heavy atom. The summed E-state index contributed by atoms with van der Waals surface area (Å²) in [6.45, 7) is 3.79. The summed E-state index contributed by atoms with van der Waals surface area (Å²) in [5, 5.41) is 8.90. The lowest BCUT2D eigenvalue weighted by atomic mass is 10.00. The number of nitrogens with one attached hydrogen (secondary N) is 3. The fourth-order valence-corrected chi connectivity index (χ4v) is 6.12. The van der Waals surface area contributed by atoms with Crippen LogP contribution in [-0.2, 0) is 9.53 Å². The fourth-order valence-electron chi connectivity index (χ4n) is 5.59. The smallest absolute Gasteiger partial charge is 0.254 e. The molecule has 0 aliphatic carbocycles. The molecule has 11 heteroatoms. The van der Waals surface area contributed by atoms with Gasteiger partial charge in [0.1, 0.15) is 5.65 Å². The Morgan fingerprint density at radius 1 is 1.00 bits per heavy atom. The van der Waals surface area contributed by atoms with E-state index < -0.39 is 0 Å². The zero-order chi connectivity index (χ0) is 29.1. The number of amides is 2. The van der Waals surface area contributed by atoms with Crippen molar-refractivity contribution in [1.82, 2.24) is 19.8 Å². The van der Waals surface area contributed by atoms with Crippen LogP contribution in [0.5, 0.6) is 0 Å². The number of carbonyl (C=O) groups excluding carboxylic acids is 2. The summed E-state index contributed by atoms with van der Waals surface area (Å²) >= 11 is 12.2. The van der Waals surface area contributed by atoms with Gasteiger partial charge in [-0.3, -0.25) is 9.59 Å². The first-order valence-electron chi connectivity index (χ1n) is 14.1. The topological polar surface area (TPSA) is 103 Å². The fraction of sp³-hybridized carbons (Fsp3) is 0.323. The molecule has 2 saturated heterocycles. The molecule has 0 saturated carbocycles. The average Bonchev–Trinajstić information content (AvgIpc) is 3.50. The van der Waals surface area contributed by atoms with Gasteiger partial charge in [0.2, 0.25) is 5.91 Å². The highest BCUT2D eigenvalue weighted by Gasteiger charge is 2.25. The number of aromatic nitrogens is 2. The number of pyridine rings is 1. The maximum Gasteiger partial charge on any atom is 0.254 e. The number of fused-ring (bicyclic) bond motifs is 1. The number of rotatable bonds is 7. The summed E-state index contributed by atoms with van der Waals surface area (Å²) in [5.41, 5.74) is 5.01. The van der Waals surface area contributed by atoms with E-state index in [-0.39, 0.29) is 24.4 Å². The Morgan fingerprint density at radius 2 is 1.76 bits per heavy atom. The number of benzene rings is 2. The van der Waals surface area contributed by atoms with E-state index in [4.69, 9.17) is 27.9 Å². The lowest BCUT2D eigenvalue weighted by Gasteiger charge is -2.34. The lowest BCUT2D eigenvalue weighted by molar-refractivity contribution is -0.130. The molecule has 0 radical (unpaired) electrons. The normalized spacial score (nSPS) is 17.3. The van der Waals surface area contributed by atoms with Gasteiger partial charge < -0.3 is 30.2 Å². The summed E-state index contributed by atoms with van der Waals surface area (Å²) in [6.07, 6.45) is 5.55. The van der Waals surface area contributed by atoms with Gasteiger partial charge in [0.05, 0.1) is 25.4 Å². The number of carbonyl (C=O) groups is 2. The van der Waals surface area contributed by atoms with E-state index in [1.54, 1.807) is 18.2 Å². The first-order valence-corrected chi connectivity index (χ1v) is 14.9. The number of nitrogens with zero attached hydrogens (tertiary/aromatic N) is 3. The van der Waals surface area contributed by atoms with Gasteiger partial charge in [0.15, 0.2) is 0 Å². The molecule has 42 heavy (non-hydrogen) atoms. The van der Waals surface area contributed by atoms with Crippen LogP contribution in [0.2, 0.25) is 10.0 Å². The van der Waals surface area contributed by atoms with Gasteiger partial charge in [-0.05, 0) is 54.8 Å². The van der Waals surface area contributed by atoms with Crippen LogP contribution >= 0.6 is 23.2 Å². The second kappa shape index (κ2) is 12.6. The molecule has 3 N–H and O–H groups in total. The highest BCUT2D eigenvalue weighted by atomic mass is 35.5. The van der Waals surface area contributed by atoms with Crippen LogP contribution in [0.3, 0.4) is 0 Å². The Kier molecular flexibility index (Phi) is 8.51. The molecule has 9 nitrogen and oxygen atoms in total. The molecule has 4 heterocycles. The van der Waals surface area contributed by atoms with Crippen LogP contribution < -0.4 is 10.6 Å². The zero-order valence-electron chi connectivity index (χ0n) is 23.0. The van der Waals surface area contributed by atoms with Crippen molar-refractivity contribution in [1.29, 1.82) is 0 Å².